The highest BCUT2D eigenvalue weighted by molar-refractivity contribution is 6.30. The molecule has 20 heavy (non-hydrogen) atoms. The van der Waals surface area contributed by atoms with Crippen molar-refractivity contribution in [2.75, 3.05) is 7.11 Å². The van der Waals surface area contributed by atoms with Gasteiger partial charge in [-0.3, -0.25) is 19.8 Å². The Morgan fingerprint density at radius 3 is 2.75 bits per heavy atom. The minimum absolute atomic E-state index is 0.174. The van der Waals surface area contributed by atoms with Gasteiger partial charge in [0, 0.05) is 11.2 Å². The Bertz CT molecular complexity index is 779. The molecule has 0 unspecified atom stereocenters. The van der Waals surface area contributed by atoms with E-state index in [-0.39, 0.29) is 5.56 Å². The largest absolute Gasteiger partial charge is 0.494 e. The zero-order chi connectivity index (χ0) is 14.7. The third kappa shape index (κ3) is 2.89. The van der Waals surface area contributed by atoms with Gasteiger partial charge in [-0.25, -0.2) is 4.79 Å². The minimum Gasteiger partial charge on any atom is -0.494 e. The van der Waals surface area contributed by atoms with Crippen LogP contribution in [0.5, 0.6) is 11.6 Å². The number of hydrogen-bond acceptors (Lipinski definition) is 5. The van der Waals surface area contributed by atoms with Gasteiger partial charge in [-0.05, 0) is 18.2 Å². The number of rotatable bonds is 3. The Morgan fingerprint density at radius 2 is 2.10 bits per heavy atom. The van der Waals surface area contributed by atoms with E-state index in [1.165, 1.54) is 13.2 Å². The third-order valence-electron chi connectivity index (χ3n) is 2.43. The summed E-state index contributed by atoms with van der Waals surface area (Å²) in [4.78, 5) is 30.5. The number of aromatic hydroxyl groups is 1. The highest BCUT2D eigenvalue weighted by Crippen LogP contribution is 2.30. The summed E-state index contributed by atoms with van der Waals surface area (Å²) >= 11 is 5.84. The Kier molecular flexibility index (Phi) is 3.90. The Labute approximate surface area is 117 Å². The standard InChI is InChI=1S/C12H10ClN3O4/c1-20-9-3-2-6(13)4-8(9)14-5-7-10(17)15-12(19)16-11(7)18/h2-5H,1H3,(H3,15,16,17,18,19). The Hall–Kier alpha value is -2.54. The maximum absolute atomic E-state index is 11.5. The van der Waals surface area contributed by atoms with Crippen LogP contribution in [0.1, 0.15) is 5.56 Å². The molecule has 1 aromatic carbocycles. The van der Waals surface area contributed by atoms with Gasteiger partial charge in [-0.15, -0.1) is 0 Å². The number of methoxy groups -OCH3 is 1. The molecule has 7 nitrogen and oxygen atoms in total. The minimum atomic E-state index is -0.801. The van der Waals surface area contributed by atoms with Crippen molar-refractivity contribution in [3.63, 3.8) is 0 Å². The fourth-order valence-electron chi connectivity index (χ4n) is 1.50. The van der Waals surface area contributed by atoms with Gasteiger partial charge in [0.05, 0.1) is 7.11 Å². The lowest BCUT2D eigenvalue weighted by Gasteiger charge is -2.04. The van der Waals surface area contributed by atoms with Gasteiger partial charge in [-0.2, -0.15) is 0 Å². The number of aromatic nitrogens is 2. The van der Waals surface area contributed by atoms with Crippen molar-refractivity contribution in [1.82, 2.24) is 9.97 Å². The summed E-state index contributed by atoms with van der Waals surface area (Å²) in [5.74, 6) is -0.116. The zero-order valence-electron chi connectivity index (χ0n) is 10.3. The Balaban J connectivity index is 2.47. The molecule has 0 spiro atoms. The molecular weight excluding hydrogens is 286 g/mol. The molecule has 1 heterocycles. The van der Waals surface area contributed by atoms with E-state index >= 15 is 0 Å². The van der Waals surface area contributed by atoms with Gasteiger partial charge in [0.25, 0.3) is 5.56 Å². The molecule has 0 saturated heterocycles. The van der Waals surface area contributed by atoms with Crippen LogP contribution in [0.25, 0.3) is 0 Å². The lowest BCUT2D eigenvalue weighted by molar-refractivity contribution is 0.416. The Morgan fingerprint density at radius 1 is 1.35 bits per heavy atom. The van der Waals surface area contributed by atoms with Crippen LogP contribution in [0.4, 0.5) is 5.69 Å². The first-order chi connectivity index (χ1) is 9.51. The van der Waals surface area contributed by atoms with Gasteiger partial charge in [-0.1, -0.05) is 11.6 Å². The van der Waals surface area contributed by atoms with E-state index in [0.29, 0.717) is 16.5 Å². The molecule has 2 aromatic rings. The van der Waals surface area contributed by atoms with Crippen molar-refractivity contribution < 1.29 is 9.84 Å². The normalized spacial score (nSPS) is 10.9. The number of ether oxygens (including phenoxy) is 1. The SMILES string of the molecule is COc1ccc(Cl)cc1N=Cc1c(O)[nH]c(=O)[nH]c1=O. The fourth-order valence-corrected chi connectivity index (χ4v) is 1.67. The first-order valence-corrected chi connectivity index (χ1v) is 5.82. The number of aromatic amines is 2. The molecule has 0 saturated carbocycles. The van der Waals surface area contributed by atoms with Crippen LogP contribution in [-0.2, 0) is 0 Å². The number of benzene rings is 1. The van der Waals surface area contributed by atoms with Crippen LogP contribution < -0.4 is 16.0 Å². The molecule has 3 N–H and O–H groups in total. The van der Waals surface area contributed by atoms with Crippen molar-refractivity contribution in [3.05, 3.63) is 49.6 Å². The molecule has 0 aliphatic heterocycles. The molecule has 0 radical (unpaired) electrons. The average Bonchev–Trinajstić information content (AvgIpc) is 2.37. The van der Waals surface area contributed by atoms with Crippen molar-refractivity contribution in [2.45, 2.75) is 0 Å². The van der Waals surface area contributed by atoms with Crippen LogP contribution >= 0.6 is 11.6 Å². The third-order valence-corrected chi connectivity index (χ3v) is 2.67. The molecule has 2 rings (SSSR count). The zero-order valence-corrected chi connectivity index (χ0v) is 11.1. The van der Waals surface area contributed by atoms with Crippen LogP contribution in [0, 0.1) is 0 Å². The maximum atomic E-state index is 11.5. The van der Waals surface area contributed by atoms with Crippen LogP contribution in [0.15, 0.2) is 32.8 Å². The van der Waals surface area contributed by atoms with Gasteiger partial charge in [0.2, 0.25) is 5.88 Å². The molecule has 0 amide bonds. The van der Waals surface area contributed by atoms with Crippen molar-refractivity contribution in [3.8, 4) is 11.6 Å². The summed E-state index contributed by atoms with van der Waals surface area (Å²) in [6, 6.07) is 4.78. The second-order valence-electron chi connectivity index (χ2n) is 3.74. The second-order valence-corrected chi connectivity index (χ2v) is 4.18. The smallest absolute Gasteiger partial charge is 0.328 e. The van der Waals surface area contributed by atoms with E-state index in [1.807, 2.05) is 4.98 Å². The summed E-state index contributed by atoms with van der Waals surface area (Å²) in [7, 11) is 1.46. The van der Waals surface area contributed by atoms with Gasteiger partial charge in [0.15, 0.2) is 0 Å². The number of nitrogens with zero attached hydrogens (tertiary/aromatic N) is 1. The van der Waals surface area contributed by atoms with E-state index in [1.54, 1.807) is 12.1 Å². The van der Waals surface area contributed by atoms with E-state index in [0.717, 1.165) is 6.21 Å². The second kappa shape index (κ2) is 5.62. The molecule has 8 heteroatoms. The highest BCUT2D eigenvalue weighted by atomic mass is 35.5. The van der Waals surface area contributed by atoms with Crippen molar-refractivity contribution in [2.24, 2.45) is 4.99 Å². The summed E-state index contributed by atoms with van der Waals surface area (Å²) in [5.41, 5.74) is -1.35. The molecule has 1 aromatic heterocycles. The van der Waals surface area contributed by atoms with E-state index < -0.39 is 17.1 Å². The predicted molar refractivity (Wildman–Crippen MR) is 74.6 cm³/mol. The number of aliphatic imine (C=N–C) groups is 1. The van der Waals surface area contributed by atoms with E-state index in [9.17, 15) is 14.7 Å². The quantitative estimate of drug-likeness (QED) is 0.739. The summed E-state index contributed by atoms with van der Waals surface area (Å²) < 4.78 is 5.09. The van der Waals surface area contributed by atoms with E-state index in [4.69, 9.17) is 16.3 Å². The van der Waals surface area contributed by atoms with Crippen LogP contribution in [0.3, 0.4) is 0 Å². The first kappa shape index (κ1) is 13.9. The molecular formula is C12H10ClN3O4. The van der Waals surface area contributed by atoms with Crippen LogP contribution in [-0.4, -0.2) is 28.4 Å². The molecule has 0 fully saturated rings. The molecule has 0 atom stereocenters. The van der Waals surface area contributed by atoms with Gasteiger partial charge < -0.3 is 9.84 Å². The van der Waals surface area contributed by atoms with Crippen LogP contribution in [0.2, 0.25) is 5.02 Å². The van der Waals surface area contributed by atoms with Gasteiger partial charge >= 0.3 is 5.69 Å². The van der Waals surface area contributed by atoms with Crippen molar-refractivity contribution in [1.29, 1.82) is 0 Å². The number of hydrogen-bond donors (Lipinski definition) is 3. The highest BCUT2D eigenvalue weighted by Gasteiger charge is 2.07. The average molecular weight is 296 g/mol. The maximum Gasteiger partial charge on any atom is 0.328 e. The molecule has 0 aliphatic rings. The number of halogens is 1. The fraction of sp³-hybridized carbons (Fsp3) is 0.0833. The molecule has 0 aliphatic carbocycles. The van der Waals surface area contributed by atoms with E-state index in [2.05, 4.69) is 9.98 Å². The number of nitrogens with one attached hydrogen (secondary N) is 2. The summed E-state index contributed by atoms with van der Waals surface area (Å²) in [6.07, 6.45) is 1.11. The lowest BCUT2D eigenvalue weighted by Crippen LogP contribution is -2.24. The number of H-pyrrole nitrogens is 2. The molecule has 104 valence electrons. The lowest BCUT2D eigenvalue weighted by atomic mass is 10.3. The predicted octanol–water partition coefficient (Wildman–Crippen LogP) is 1.18. The summed E-state index contributed by atoms with van der Waals surface area (Å²) in [6.45, 7) is 0. The monoisotopic (exact) mass is 295 g/mol. The first-order valence-electron chi connectivity index (χ1n) is 5.44. The summed E-state index contributed by atoms with van der Waals surface area (Å²) in [5, 5.41) is 9.95. The van der Waals surface area contributed by atoms with Crippen molar-refractivity contribution >= 4 is 23.5 Å². The molecule has 0 bridgehead atoms. The van der Waals surface area contributed by atoms with Gasteiger partial charge in [0.1, 0.15) is 17.0 Å². The topological polar surface area (TPSA) is 108 Å².